The Bertz CT molecular complexity index is 759. The Labute approximate surface area is 153 Å². The summed E-state index contributed by atoms with van der Waals surface area (Å²) < 4.78 is 5.74. The van der Waals surface area contributed by atoms with Gasteiger partial charge in [-0.1, -0.05) is 32.0 Å². The summed E-state index contributed by atoms with van der Waals surface area (Å²) in [6.45, 7) is 6.27. The van der Waals surface area contributed by atoms with Crippen LogP contribution in [-0.2, 0) is 9.59 Å². The largest absolute Gasteiger partial charge is 0.491 e. The first-order chi connectivity index (χ1) is 12.4. The van der Waals surface area contributed by atoms with E-state index in [-0.39, 0.29) is 18.4 Å². The van der Waals surface area contributed by atoms with Crippen LogP contribution in [0.3, 0.4) is 0 Å². The third kappa shape index (κ3) is 6.47. The van der Waals surface area contributed by atoms with Gasteiger partial charge < -0.3 is 20.7 Å². The van der Waals surface area contributed by atoms with Gasteiger partial charge in [-0.25, -0.2) is 0 Å². The van der Waals surface area contributed by atoms with Crippen LogP contribution in [0.4, 0.5) is 17.1 Å². The smallest absolute Gasteiger partial charge is 0.243 e. The molecular weight excluding hydrogens is 330 g/mol. The molecular formula is C20H25N3O3. The van der Waals surface area contributed by atoms with Gasteiger partial charge >= 0.3 is 0 Å². The van der Waals surface area contributed by atoms with Gasteiger partial charge in [0.15, 0.2) is 0 Å². The fourth-order valence-electron chi connectivity index (χ4n) is 2.24. The van der Waals surface area contributed by atoms with Crippen molar-refractivity contribution >= 4 is 28.9 Å². The molecule has 0 fully saturated rings. The van der Waals surface area contributed by atoms with Crippen molar-refractivity contribution in [2.24, 2.45) is 5.92 Å². The molecule has 0 heterocycles. The van der Waals surface area contributed by atoms with E-state index in [1.807, 2.05) is 30.3 Å². The molecule has 6 heteroatoms. The Morgan fingerprint density at radius 1 is 1.00 bits per heavy atom. The zero-order valence-corrected chi connectivity index (χ0v) is 15.3. The summed E-state index contributed by atoms with van der Waals surface area (Å²) >= 11 is 0. The summed E-state index contributed by atoms with van der Waals surface area (Å²) in [6.07, 6.45) is 0. The second-order valence-electron chi connectivity index (χ2n) is 6.36. The maximum absolute atomic E-state index is 12.2. The van der Waals surface area contributed by atoms with E-state index in [9.17, 15) is 9.59 Å². The van der Waals surface area contributed by atoms with Gasteiger partial charge in [0.05, 0.1) is 18.8 Å². The Morgan fingerprint density at radius 2 is 1.73 bits per heavy atom. The number of hydrogen-bond acceptors (Lipinski definition) is 4. The van der Waals surface area contributed by atoms with Crippen LogP contribution in [0.1, 0.15) is 20.8 Å². The Balaban J connectivity index is 1.92. The van der Waals surface area contributed by atoms with E-state index in [0.29, 0.717) is 29.6 Å². The molecule has 2 aromatic carbocycles. The first-order valence-corrected chi connectivity index (χ1v) is 8.57. The van der Waals surface area contributed by atoms with Crippen molar-refractivity contribution in [1.82, 2.24) is 0 Å². The second kappa shape index (κ2) is 9.46. The number of hydrogen-bond donors (Lipinski definition) is 3. The lowest BCUT2D eigenvalue weighted by Gasteiger charge is -2.14. The van der Waals surface area contributed by atoms with Gasteiger partial charge in [0.1, 0.15) is 5.75 Å². The molecule has 2 amide bonds. The van der Waals surface area contributed by atoms with Crippen LogP contribution in [0.2, 0.25) is 0 Å². The van der Waals surface area contributed by atoms with Crippen LogP contribution >= 0.6 is 0 Å². The highest BCUT2D eigenvalue weighted by molar-refractivity contribution is 5.95. The Kier molecular flexibility index (Phi) is 7.02. The van der Waals surface area contributed by atoms with Crippen LogP contribution in [0.5, 0.6) is 5.75 Å². The highest BCUT2D eigenvalue weighted by Crippen LogP contribution is 2.24. The van der Waals surface area contributed by atoms with Gasteiger partial charge in [0, 0.05) is 18.3 Å². The maximum Gasteiger partial charge on any atom is 0.243 e. The zero-order valence-electron chi connectivity index (χ0n) is 15.3. The molecule has 26 heavy (non-hydrogen) atoms. The van der Waals surface area contributed by atoms with Crippen molar-refractivity contribution in [3.63, 3.8) is 0 Å². The minimum atomic E-state index is -0.185. The maximum atomic E-state index is 12.2. The molecule has 138 valence electrons. The van der Waals surface area contributed by atoms with Crippen molar-refractivity contribution in [3.05, 3.63) is 48.5 Å². The van der Waals surface area contributed by atoms with E-state index in [0.717, 1.165) is 5.69 Å². The van der Waals surface area contributed by atoms with Gasteiger partial charge in [0.25, 0.3) is 0 Å². The average molecular weight is 355 g/mol. The van der Waals surface area contributed by atoms with Crippen LogP contribution in [0.15, 0.2) is 48.5 Å². The van der Waals surface area contributed by atoms with Crippen LogP contribution < -0.4 is 20.7 Å². The fourth-order valence-corrected chi connectivity index (χ4v) is 2.24. The predicted molar refractivity (Wildman–Crippen MR) is 105 cm³/mol. The molecule has 0 unspecified atom stereocenters. The molecule has 0 saturated heterocycles. The lowest BCUT2D eigenvalue weighted by atomic mass is 10.2. The molecule has 0 bridgehead atoms. The lowest BCUT2D eigenvalue weighted by Crippen LogP contribution is -2.22. The number of carbonyl (C=O) groups excluding carboxylic acids is 2. The highest BCUT2D eigenvalue weighted by atomic mass is 16.5. The normalized spacial score (nSPS) is 10.3. The number of ether oxygens (including phenoxy) is 1. The first kappa shape index (κ1) is 19.3. The number of carbonyl (C=O) groups is 2. The molecule has 6 nitrogen and oxygen atoms in total. The monoisotopic (exact) mass is 355 g/mol. The SMILES string of the molecule is CC(=O)Nc1cccc(NCC(=O)Nc2ccccc2OCC(C)C)c1. The number of amides is 2. The summed E-state index contributed by atoms with van der Waals surface area (Å²) in [4.78, 5) is 23.4. The minimum absolute atomic E-state index is 0.0992. The number of anilines is 3. The van der Waals surface area contributed by atoms with Gasteiger partial charge in [-0.3, -0.25) is 9.59 Å². The van der Waals surface area contributed by atoms with Crippen molar-refractivity contribution < 1.29 is 14.3 Å². The van der Waals surface area contributed by atoms with Crippen LogP contribution in [0.25, 0.3) is 0 Å². The molecule has 0 atom stereocenters. The number of para-hydroxylation sites is 2. The van der Waals surface area contributed by atoms with Gasteiger partial charge in [-0.05, 0) is 36.2 Å². The Morgan fingerprint density at radius 3 is 2.46 bits per heavy atom. The van der Waals surface area contributed by atoms with Gasteiger partial charge in [-0.2, -0.15) is 0 Å². The van der Waals surface area contributed by atoms with E-state index < -0.39 is 0 Å². The third-order valence-corrected chi connectivity index (χ3v) is 3.37. The van der Waals surface area contributed by atoms with Gasteiger partial charge in [-0.15, -0.1) is 0 Å². The highest BCUT2D eigenvalue weighted by Gasteiger charge is 2.08. The molecule has 2 aromatic rings. The summed E-state index contributed by atoms with van der Waals surface area (Å²) in [5.74, 6) is 0.729. The average Bonchev–Trinajstić information content (AvgIpc) is 2.59. The second-order valence-corrected chi connectivity index (χ2v) is 6.36. The first-order valence-electron chi connectivity index (χ1n) is 8.57. The van der Waals surface area contributed by atoms with Crippen LogP contribution in [0, 0.1) is 5.92 Å². The van der Waals surface area contributed by atoms with Crippen molar-refractivity contribution in [1.29, 1.82) is 0 Å². The van der Waals surface area contributed by atoms with E-state index >= 15 is 0 Å². The molecule has 0 saturated carbocycles. The standard InChI is InChI=1S/C20H25N3O3/c1-14(2)13-26-19-10-5-4-9-18(19)23-20(25)12-21-16-7-6-8-17(11-16)22-15(3)24/h4-11,14,21H,12-13H2,1-3H3,(H,22,24)(H,23,25). The van der Waals surface area contributed by atoms with Crippen molar-refractivity contribution in [3.8, 4) is 5.75 Å². The van der Waals surface area contributed by atoms with Crippen molar-refractivity contribution in [2.75, 3.05) is 29.1 Å². The number of benzene rings is 2. The topological polar surface area (TPSA) is 79.5 Å². The number of rotatable bonds is 8. The minimum Gasteiger partial charge on any atom is -0.491 e. The van der Waals surface area contributed by atoms with Crippen LogP contribution in [-0.4, -0.2) is 25.0 Å². The Hall–Kier alpha value is -3.02. The van der Waals surface area contributed by atoms with E-state index in [1.165, 1.54) is 6.92 Å². The quantitative estimate of drug-likeness (QED) is 0.674. The molecule has 3 N–H and O–H groups in total. The lowest BCUT2D eigenvalue weighted by molar-refractivity contribution is -0.115. The summed E-state index contributed by atoms with van der Waals surface area (Å²) in [5, 5.41) is 8.61. The molecule has 0 spiro atoms. The molecule has 0 aliphatic rings. The molecule has 0 aromatic heterocycles. The summed E-state index contributed by atoms with van der Waals surface area (Å²) in [5.41, 5.74) is 2.07. The van der Waals surface area contributed by atoms with Gasteiger partial charge in [0.2, 0.25) is 11.8 Å². The van der Waals surface area contributed by atoms with Crippen molar-refractivity contribution in [2.45, 2.75) is 20.8 Å². The molecule has 0 aliphatic heterocycles. The summed E-state index contributed by atoms with van der Waals surface area (Å²) in [7, 11) is 0. The zero-order chi connectivity index (χ0) is 18.9. The predicted octanol–water partition coefficient (Wildman–Crippen LogP) is 3.73. The van der Waals surface area contributed by atoms with E-state index in [1.54, 1.807) is 18.2 Å². The molecule has 0 radical (unpaired) electrons. The molecule has 2 rings (SSSR count). The third-order valence-electron chi connectivity index (χ3n) is 3.37. The summed E-state index contributed by atoms with van der Waals surface area (Å²) in [6, 6.07) is 14.6. The molecule has 0 aliphatic carbocycles. The van der Waals surface area contributed by atoms with E-state index in [4.69, 9.17) is 4.74 Å². The van der Waals surface area contributed by atoms with E-state index in [2.05, 4.69) is 29.8 Å². The number of nitrogens with one attached hydrogen (secondary N) is 3. The fraction of sp³-hybridized carbons (Fsp3) is 0.300.